The quantitative estimate of drug-likeness (QED) is 0.0673. The second-order valence-electron chi connectivity index (χ2n) is 22.5. The van der Waals surface area contributed by atoms with Gasteiger partial charge in [0.05, 0.1) is 29.7 Å². The van der Waals surface area contributed by atoms with Gasteiger partial charge >= 0.3 is 5.97 Å². The molecule has 0 amide bonds. The summed E-state index contributed by atoms with van der Waals surface area (Å²) in [5, 5.41) is 0.289. The molecule has 2 heterocycles. The highest BCUT2D eigenvalue weighted by molar-refractivity contribution is 6.75. The average molecular weight is 952 g/mol. The predicted molar refractivity (Wildman–Crippen MR) is 275 cm³/mol. The second kappa shape index (κ2) is 20.4. The Hall–Kier alpha value is -3.86. The Kier molecular flexibility index (Phi) is 15.9. The van der Waals surface area contributed by atoms with Crippen molar-refractivity contribution in [1.82, 2.24) is 4.57 Å². The van der Waals surface area contributed by atoms with Crippen LogP contribution in [0, 0.1) is 0 Å². The van der Waals surface area contributed by atoms with E-state index in [2.05, 4.69) is 118 Å². The number of benzene rings is 4. The first-order chi connectivity index (χ1) is 30.8. The number of hydrogen-bond acceptors (Lipinski definition) is 8. The van der Waals surface area contributed by atoms with E-state index in [0.29, 0.717) is 29.9 Å². The molecule has 0 N–H and O–H groups in total. The Morgan fingerprint density at radius 1 is 0.591 bits per heavy atom. The van der Waals surface area contributed by atoms with Crippen LogP contribution in [-0.2, 0) is 47.2 Å². The van der Waals surface area contributed by atoms with Gasteiger partial charge in [0.1, 0.15) is 30.7 Å². The number of nitrogens with zero attached hydrogens (tertiary/aromatic N) is 1. The molecule has 0 saturated carbocycles. The standard InChI is InChI=1S/C54H77NO8Si3/c1-52(2,3)64(10,11)59-38-45-47(62-65(12,13)53(4,5)6)48(63-66(14,15)54(7,8)9)49(51(60-45)58-37-41-30-23-18-24-31-41)61-50(56)42-35-55(34-39-26-19-16-20-27-39)43-32-25-33-44(46(42)43)57-36-40-28-21-17-22-29-40/h16-33,35,45,47-49,51H,34,36-38H2,1-15H3/t45-,47-,48+,49-,51-/m1/s1. The lowest BCUT2D eigenvalue weighted by atomic mass is 9.99. The van der Waals surface area contributed by atoms with Crippen molar-refractivity contribution in [1.29, 1.82) is 0 Å². The van der Waals surface area contributed by atoms with E-state index in [-0.39, 0.29) is 28.3 Å². The topological polar surface area (TPSA) is 86.6 Å². The van der Waals surface area contributed by atoms with Crippen LogP contribution < -0.4 is 4.74 Å². The van der Waals surface area contributed by atoms with Crippen molar-refractivity contribution in [3.63, 3.8) is 0 Å². The van der Waals surface area contributed by atoms with Gasteiger partial charge in [-0.25, -0.2) is 4.79 Å². The van der Waals surface area contributed by atoms with Crippen LogP contribution in [0.1, 0.15) is 89.4 Å². The molecule has 0 unspecified atom stereocenters. The lowest BCUT2D eigenvalue weighted by Gasteiger charge is -2.52. The van der Waals surface area contributed by atoms with E-state index in [1.165, 1.54) is 0 Å². The zero-order chi connectivity index (χ0) is 48.3. The number of carbonyl (C=O) groups excluding carboxylic acids is 1. The third-order valence-corrected chi connectivity index (χ3v) is 27.9. The van der Waals surface area contributed by atoms with Crippen LogP contribution in [0.2, 0.25) is 54.4 Å². The highest BCUT2D eigenvalue weighted by atomic mass is 28.4. The number of ether oxygens (including phenoxy) is 4. The lowest BCUT2D eigenvalue weighted by Crippen LogP contribution is -2.67. The van der Waals surface area contributed by atoms with Gasteiger partial charge in [-0.1, -0.05) is 159 Å². The van der Waals surface area contributed by atoms with E-state index in [4.69, 9.17) is 32.2 Å². The molecule has 5 aromatic rings. The van der Waals surface area contributed by atoms with E-state index >= 15 is 4.79 Å². The molecule has 0 bridgehead atoms. The first-order valence-electron chi connectivity index (χ1n) is 23.6. The smallest absolute Gasteiger partial charge is 0.341 e. The molecule has 0 radical (unpaired) electrons. The van der Waals surface area contributed by atoms with Gasteiger partial charge in [-0.2, -0.15) is 0 Å². The van der Waals surface area contributed by atoms with Gasteiger partial charge in [-0.3, -0.25) is 0 Å². The minimum Gasteiger partial charge on any atom is -0.488 e. The SMILES string of the molecule is CC(C)(C)[Si](C)(C)OC[C@H]1O[C@@H](OCc2ccccc2)[C@H](OC(=O)c2cn(Cc3ccccc3)c3cccc(OCc4ccccc4)c23)[C@@H](O[Si](C)(C)C(C)(C)C)[C@@H]1O[Si](C)(C)C(C)(C)C. The summed E-state index contributed by atoms with van der Waals surface area (Å²) in [6, 6.07) is 36.2. The Bertz CT molecular complexity index is 2350. The van der Waals surface area contributed by atoms with Crippen LogP contribution in [0.3, 0.4) is 0 Å². The van der Waals surface area contributed by atoms with Crippen LogP contribution >= 0.6 is 0 Å². The Labute approximate surface area is 398 Å². The summed E-state index contributed by atoms with van der Waals surface area (Å²) >= 11 is 0. The summed E-state index contributed by atoms with van der Waals surface area (Å²) in [5.74, 6) is 0.0540. The molecule has 1 saturated heterocycles. The van der Waals surface area contributed by atoms with Crippen molar-refractivity contribution in [2.45, 2.75) is 167 Å². The molecular weight excluding hydrogens is 875 g/mol. The molecule has 1 aliphatic heterocycles. The fourth-order valence-corrected chi connectivity index (χ4v) is 10.9. The maximum atomic E-state index is 15.4. The van der Waals surface area contributed by atoms with Gasteiger partial charge in [0, 0.05) is 12.7 Å². The number of hydrogen-bond donors (Lipinski definition) is 0. The summed E-state index contributed by atoms with van der Waals surface area (Å²) in [5.41, 5.74) is 4.31. The average Bonchev–Trinajstić information content (AvgIpc) is 3.61. The zero-order valence-corrected chi connectivity index (χ0v) is 45.4. The Morgan fingerprint density at radius 3 is 1.62 bits per heavy atom. The zero-order valence-electron chi connectivity index (χ0n) is 42.4. The number of esters is 1. The number of fused-ring (bicyclic) bond motifs is 1. The third-order valence-electron chi connectivity index (χ3n) is 14.5. The molecule has 12 heteroatoms. The monoisotopic (exact) mass is 951 g/mol. The molecule has 66 heavy (non-hydrogen) atoms. The van der Waals surface area contributed by atoms with Gasteiger partial charge in [-0.05, 0) is 83.2 Å². The van der Waals surface area contributed by atoms with Crippen molar-refractivity contribution in [3.8, 4) is 5.75 Å². The molecule has 1 fully saturated rings. The highest BCUT2D eigenvalue weighted by Gasteiger charge is 2.56. The van der Waals surface area contributed by atoms with Crippen LogP contribution in [-0.4, -0.2) is 72.8 Å². The molecule has 6 rings (SSSR count). The number of aromatic nitrogens is 1. The van der Waals surface area contributed by atoms with Gasteiger partial charge in [-0.15, -0.1) is 0 Å². The van der Waals surface area contributed by atoms with Crippen molar-refractivity contribution < 1.29 is 37.0 Å². The number of rotatable bonds is 17. The summed E-state index contributed by atoms with van der Waals surface area (Å²) in [6.45, 7) is 34.9. The van der Waals surface area contributed by atoms with Gasteiger partial charge in [0.2, 0.25) is 0 Å². The molecule has 4 aromatic carbocycles. The van der Waals surface area contributed by atoms with E-state index in [0.717, 1.165) is 22.2 Å². The van der Waals surface area contributed by atoms with E-state index in [1.807, 2.05) is 103 Å². The van der Waals surface area contributed by atoms with Gasteiger partial charge in [0.15, 0.2) is 37.3 Å². The van der Waals surface area contributed by atoms with Crippen LogP contribution in [0.5, 0.6) is 5.75 Å². The normalized spacial score (nSPS) is 20.1. The molecule has 1 aliphatic rings. The largest absolute Gasteiger partial charge is 0.488 e. The second-order valence-corrected chi connectivity index (χ2v) is 36.9. The first-order valence-corrected chi connectivity index (χ1v) is 32.3. The molecule has 0 spiro atoms. The maximum absolute atomic E-state index is 15.4. The summed E-state index contributed by atoms with van der Waals surface area (Å²) in [4.78, 5) is 15.4. The molecule has 1 aromatic heterocycles. The van der Waals surface area contributed by atoms with Crippen LogP contribution in [0.15, 0.2) is 115 Å². The van der Waals surface area contributed by atoms with Crippen molar-refractivity contribution >= 4 is 41.8 Å². The minimum atomic E-state index is -2.62. The van der Waals surface area contributed by atoms with E-state index in [1.54, 1.807) is 0 Å². The van der Waals surface area contributed by atoms with Crippen molar-refractivity contribution in [2.24, 2.45) is 0 Å². The fraction of sp³-hybridized carbons (Fsp3) is 0.500. The van der Waals surface area contributed by atoms with Gasteiger partial charge < -0.3 is 36.8 Å². The molecule has 5 atom stereocenters. The van der Waals surface area contributed by atoms with E-state index < -0.39 is 61.6 Å². The molecule has 9 nitrogen and oxygen atoms in total. The van der Waals surface area contributed by atoms with Crippen LogP contribution in [0.4, 0.5) is 0 Å². The summed E-state index contributed by atoms with van der Waals surface area (Å²) in [6.07, 6.45) is -2.17. The molecule has 0 aliphatic carbocycles. The number of carbonyl (C=O) groups is 1. The van der Waals surface area contributed by atoms with E-state index in [9.17, 15) is 0 Å². The first kappa shape index (κ1) is 51.5. The summed E-state index contributed by atoms with van der Waals surface area (Å²) in [7, 11) is -7.44. The third kappa shape index (κ3) is 12.2. The molecular formula is C54H77NO8Si3. The minimum absolute atomic E-state index is 0.0425. The van der Waals surface area contributed by atoms with Crippen molar-refractivity contribution in [3.05, 3.63) is 138 Å². The molecule has 358 valence electrons. The predicted octanol–water partition coefficient (Wildman–Crippen LogP) is 13.5. The maximum Gasteiger partial charge on any atom is 0.341 e. The Balaban J connectivity index is 1.50. The Morgan fingerprint density at radius 2 is 1.09 bits per heavy atom. The lowest BCUT2D eigenvalue weighted by molar-refractivity contribution is -0.297. The highest BCUT2D eigenvalue weighted by Crippen LogP contribution is 2.45. The summed E-state index contributed by atoms with van der Waals surface area (Å²) < 4.78 is 51.7. The fourth-order valence-electron chi connectivity index (χ4n) is 7.27. The van der Waals surface area contributed by atoms with Gasteiger partial charge in [0.25, 0.3) is 0 Å². The van der Waals surface area contributed by atoms with Crippen molar-refractivity contribution in [2.75, 3.05) is 6.61 Å². The van der Waals surface area contributed by atoms with Crippen LogP contribution in [0.25, 0.3) is 10.9 Å².